The van der Waals surface area contributed by atoms with Crippen LogP contribution in [0.3, 0.4) is 0 Å². The van der Waals surface area contributed by atoms with Crippen molar-refractivity contribution in [3.8, 4) is 0 Å². The lowest BCUT2D eigenvalue weighted by molar-refractivity contribution is -0.125. The monoisotopic (exact) mass is 433 g/mol. The maximum atomic E-state index is 13.1. The van der Waals surface area contributed by atoms with E-state index < -0.39 is 16.1 Å². The van der Waals surface area contributed by atoms with Crippen molar-refractivity contribution in [2.45, 2.75) is 43.2 Å². The van der Waals surface area contributed by atoms with Gasteiger partial charge in [-0.1, -0.05) is 24.6 Å². The number of fused-ring (bicyclic) bond motifs is 1. The summed E-state index contributed by atoms with van der Waals surface area (Å²) in [7, 11) is -3.67. The summed E-state index contributed by atoms with van der Waals surface area (Å²) in [6.45, 7) is 3.63. The van der Waals surface area contributed by atoms with Gasteiger partial charge in [-0.25, -0.2) is 8.42 Å². The summed E-state index contributed by atoms with van der Waals surface area (Å²) < 4.78 is 27.5. The highest BCUT2D eigenvalue weighted by molar-refractivity contribution is 7.89. The van der Waals surface area contributed by atoms with Crippen LogP contribution in [0.4, 0.5) is 0 Å². The molecule has 1 atom stereocenters. The third kappa shape index (κ3) is 4.55. The number of benzene rings is 1. The number of nitrogens with zero attached hydrogens (tertiary/aromatic N) is 2. The fourth-order valence-corrected chi connectivity index (χ4v) is 6.70. The van der Waals surface area contributed by atoms with E-state index >= 15 is 0 Å². The average Bonchev–Trinajstić information content (AvgIpc) is 3.22. The maximum Gasteiger partial charge on any atom is 0.243 e. The number of thiophene rings is 1. The number of rotatable bonds is 6. The van der Waals surface area contributed by atoms with Gasteiger partial charge in [-0.3, -0.25) is 9.69 Å². The molecular formula is C21H27N3O3S2. The molecule has 6 nitrogen and oxygen atoms in total. The second-order valence-electron chi connectivity index (χ2n) is 7.63. The molecule has 156 valence electrons. The van der Waals surface area contributed by atoms with Crippen LogP contribution in [-0.4, -0.2) is 55.8 Å². The van der Waals surface area contributed by atoms with Gasteiger partial charge in [0.15, 0.2) is 0 Å². The summed E-state index contributed by atoms with van der Waals surface area (Å²) in [6, 6.07) is 9.95. The first-order chi connectivity index (χ1) is 14.1. The molecule has 0 bridgehead atoms. The Labute approximate surface area is 176 Å². The van der Waals surface area contributed by atoms with Crippen LogP contribution < -0.4 is 5.32 Å². The van der Waals surface area contributed by atoms with Crippen LogP contribution in [0.5, 0.6) is 0 Å². The summed E-state index contributed by atoms with van der Waals surface area (Å²) >= 11 is 1.82. The first-order valence-corrected chi connectivity index (χ1v) is 12.5. The van der Waals surface area contributed by atoms with E-state index in [0.29, 0.717) is 19.5 Å². The first kappa shape index (κ1) is 20.5. The first-order valence-electron chi connectivity index (χ1n) is 10.2. The molecule has 0 aliphatic carbocycles. The molecule has 29 heavy (non-hydrogen) atoms. The number of nitrogens with one attached hydrogen (secondary N) is 1. The van der Waals surface area contributed by atoms with Gasteiger partial charge in [0.1, 0.15) is 6.04 Å². The van der Waals surface area contributed by atoms with E-state index in [0.717, 1.165) is 38.9 Å². The van der Waals surface area contributed by atoms with E-state index in [1.54, 1.807) is 30.3 Å². The molecule has 1 saturated heterocycles. The molecule has 2 aromatic rings. The second kappa shape index (κ2) is 8.95. The molecule has 3 heterocycles. The van der Waals surface area contributed by atoms with Gasteiger partial charge in [0, 0.05) is 37.6 Å². The van der Waals surface area contributed by atoms with Gasteiger partial charge in [-0.05, 0) is 48.4 Å². The zero-order valence-electron chi connectivity index (χ0n) is 16.4. The molecule has 2 aliphatic rings. The summed E-state index contributed by atoms with van der Waals surface area (Å²) in [4.78, 5) is 16.9. The van der Waals surface area contributed by atoms with Crippen molar-refractivity contribution >= 4 is 27.3 Å². The Hall–Kier alpha value is -1.74. The molecule has 8 heteroatoms. The lowest BCUT2D eigenvalue weighted by atomic mass is 10.0. The van der Waals surface area contributed by atoms with Gasteiger partial charge in [0.2, 0.25) is 15.9 Å². The number of carbonyl (C=O) groups excluding carboxylic acids is 1. The van der Waals surface area contributed by atoms with Crippen molar-refractivity contribution in [2.75, 3.05) is 26.2 Å². The molecule has 0 spiro atoms. The maximum absolute atomic E-state index is 13.1. The zero-order valence-corrected chi connectivity index (χ0v) is 18.1. The average molecular weight is 434 g/mol. The SMILES string of the molecule is O=C(NCCN1CCc2sccc2C1)C1CCCCN1S(=O)(=O)c1ccccc1. The Morgan fingerprint density at radius 2 is 1.97 bits per heavy atom. The van der Waals surface area contributed by atoms with Crippen molar-refractivity contribution in [1.82, 2.24) is 14.5 Å². The number of amides is 1. The van der Waals surface area contributed by atoms with Crippen molar-refractivity contribution < 1.29 is 13.2 Å². The standard InChI is InChI=1S/C21H27N3O3S2/c25-21(22-11-14-23-13-9-20-17(16-23)10-15-28-20)19-8-4-5-12-24(19)29(26,27)18-6-2-1-3-7-18/h1-3,6-7,10,15,19H,4-5,8-9,11-14,16H2,(H,22,25). The van der Waals surface area contributed by atoms with Crippen LogP contribution in [-0.2, 0) is 27.8 Å². The summed E-state index contributed by atoms with van der Waals surface area (Å²) in [5.41, 5.74) is 1.39. The van der Waals surface area contributed by atoms with Crippen LogP contribution in [0, 0.1) is 0 Å². The van der Waals surface area contributed by atoms with E-state index in [1.165, 1.54) is 14.7 Å². The number of piperidine rings is 1. The van der Waals surface area contributed by atoms with Crippen LogP contribution in [0.15, 0.2) is 46.7 Å². The lowest BCUT2D eigenvalue weighted by Gasteiger charge is -2.34. The van der Waals surface area contributed by atoms with Gasteiger partial charge < -0.3 is 5.32 Å². The van der Waals surface area contributed by atoms with E-state index in [4.69, 9.17) is 0 Å². The van der Waals surface area contributed by atoms with E-state index in [1.807, 2.05) is 11.3 Å². The Morgan fingerprint density at radius 3 is 2.79 bits per heavy atom. The molecule has 1 aromatic carbocycles. The second-order valence-corrected chi connectivity index (χ2v) is 10.5. The molecule has 4 rings (SSSR count). The van der Waals surface area contributed by atoms with Gasteiger partial charge in [0.05, 0.1) is 4.90 Å². The fourth-order valence-electron chi connectivity index (χ4n) is 4.14. The van der Waals surface area contributed by atoms with E-state index in [9.17, 15) is 13.2 Å². The Kier molecular flexibility index (Phi) is 6.34. The largest absolute Gasteiger partial charge is 0.353 e. The summed E-state index contributed by atoms with van der Waals surface area (Å²) in [6.07, 6.45) is 3.28. The number of hydrogen-bond acceptors (Lipinski definition) is 5. The van der Waals surface area contributed by atoms with Gasteiger partial charge in [-0.2, -0.15) is 4.31 Å². The van der Waals surface area contributed by atoms with Crippen LogP contribution in [0.1, 0.15) is 29.7 Å². The molecule has 0 saturated carbocycles. The molecule has 1 aromatic heterocycles. The van der Waals surface area contributed by atoms with Gasteiger partial charge >= 0.3 is 0 Å². The van der Waals surface area contributed by atoms with Crippen LogP contribution in [0.2, 0.25) is 0 Å². The number of sulfonamides is 1. The Morgan fingerprint density at radius 1 is 1.14 bits per heavy atom. The fraction of sp³-hybridized carbons (Fsp3) is 0.476. The van der Waals surface area contributed by atoms with Crippen LogP contribution >= 0.6 is 11.3 Å². The minimum absolute atomic E-state index is 0.183. The predicted molar refractivity (Wildman–Crippen MR) is 114 cm³/mol. The van der Waals surface area contributed by atoms with Gasteiger partial charge in [-0.15, -0.1) is 11.3 Å². The Bertz CT molecular complexity index is 943. The highest BCUT2D eigenvalue weighted by Gasteiger charge is 2.37. The molecule has 2 aliphatic heterocycles. The van der Waals surface area contributed by atoms with Crippen molar-refractivity contribution in [2.24, 2.45) is 0 Å². The van der Waals surface area contributed by atoms with E-state index in [-0.39, 0.29) is 10.8 Å². The summed E-state index contributed by atoms with van der Waals surface area (Å²) in [5, 5.41) is 5.13. The number of hydrogen-bond donors (Lipinski definition) is 1. The smallest absolute Gasteiger partial charge is 0.243 e. The minimum atomic E-state index is -3.67. The van der Waals surface area contributed by atoms with Crippen molar-refractivity contribution in [3.05, 3.63) is 52.2 Å². The van der Waals surface area contributed by atoms with Crippen molar-refractivity contribution in [3.63, 3.8) is 0 Å². The third-order valence-corrected chi connectivity index (χ3v) is 8.67. The summed E-state index contributed by atoms with van der Waals surface area (Å²) in [5.74, 6) is -0.183. The van der Waals surface area contributed by atoms with Gasteiger partial charge in [0.25, 0.3) is 0 Å². The highest BCUT2D eigenvalue weighted by Crippen LogP contribution is 2.26. The molecule has 1 unspecified atom stereocenters. The quantitative estimate of drug-likeness (QED) is 0.760. The normalized spacial score (nSPS) is 20.9. The van der Waals surface area contributed by atoms with Crippen molar-refractivity contribution in [1.29, 1.82) is 0 Å². The molecule has 1 N–H and O–H groups in total. The molecule has 0 radical (unpaired) electrons. The molecule has 1 fully saturated rings. The minimum Gasteiger partial charge on any atom is -0.353 e. The van der Waals surface area contributed by atoms with Crippen LogP contribution in [0.25, 0.3) is 0 Å². The van der Waals surface area contributed by atoms with E-state index in [2.05, 4.69) is 21.7 Å². The predicted octanol–water partition coefficient (Wildman–Crippen LogP) is 2.47. The lowest BCUT2D eigenvalue weighted by Crippen LogP contribution is -2.52. The highest BCUT2D eigenvalue weighted by atomic mass is 32.2. The molecular weight excluding hydrogens is 406 g/mol. The third-order valence-electron chi connectivity index (χ3n) is 5.72. The Balaban J connectivity index is 1.35. The number of carbonyl (C=O) groups is 1. The zero-order chi connectivity index (χ0) is 20.3. The topological polar surface area (TPSA) is 69.7 Å². The molecule has 1 amide bonds.